The van der Waals surface area contributed by atoms with Crippen LogP contribution >= 0.6 is 31.9 Å². The van der Waals surface area contributed by atoms with Crippen molar-refractivity contribution in [2.75, 3.05) is 35.6 Å². The van der Waals surface area contributed by atoms with Crippen molar-refractivity contribution in [1.82, 2.24) is 9.03 Å². The fourth-order valence-corrected chi connectivity index (χ4v) is 3.67. The Labute approximate surface area is 142 Å². The minimum atomic E-state index is -3.44. The highest BCUT2D eigenvalue weighted by atomic mass is 79.9. The zero-order chi connectivity index (χ0) is 16.4. The van der Waals surface area contributed by atoms with Crippen LogP contribution in [0.25, 0.3) is 0 Å². The summed E-state index contributed by atoms with van der Waals surface area (Å²) in [6.07, 6.45) is 6.09. The molecule has 0 saturated heterocycles. The van der Waals surface area contributed by atoms with E-state index in [0.29, 0.717) is 0 Å². The van der Waals surface area contributed by atoms with Gasteiger partial charge < -0.3 is 5.11 Å². The van der Waals surface area contributed by atoms with Gasteiger partial charge in [0.2, 0.25) is 20.0 Å². The molecule has 0 aliphatic heterocycles. The van der Waals surface area contributed by atoms with Gasteiger partial charge in [-0.05, 0) is 0 Å². The number of aliphatic hydroxyl groups excluding tert-OH is 1. The number of aliphatic hydroxyl groups is 1. The summed E-state index contributed by atoms with van der Waals surface area (Å²) in [5.74, 6) is 0. The molecule has 21 heavy (non-hydrogen) atoms. The number of halogens is 2. The van der Waals surface area contributed by atoms with Crippen molar-refractivity contribution in [3.63, 3.8) is 0 Å². The Morgan fingerprint density at radius 1 is 0.952 bits per heavy atom. The predicted octanol–water partition coefficient (Wildman–Crippen LogP) is 0.347. The van der Waals surface area contributed by atoms with Crippen LogP contribution < -0.4 is 4.72 Å². The molecule has 11 heteroatoms. The first kappa shape index (κ1) is 21.2. The third-order valence-electron chi connectivity index (χ3n) is 2.15. The molecule has 2 N–H and O–H groups in total. The van der Waals surface area contributed by atoms with Crippen LogP contribution in [0.5, 0.6) is 0 Å². The smallest absolute Gasteiger partial charge is 0.224 e. The van der Waals surface area contributed by atoms with Crippen molar-refractivity contribution < 1.29 is 21.9 Å². The van der Waals surface area contributed by atoms with Crippen LogP contribution in [-0.2, 0) is 20.0 Å². The molecule has 0 aromatic carbocycles. The van der Waals surface area contributed by atoms with Gasteiger partial charge in [-0.3, -0.25) is 0 Å². The summed E-state index contributed by atoms with van der Waals surface area (Å²) in [6.45, 7) is 0.167. The quantitative estimate of drug-likeness (QED) is 0.335. The Morgan fingerprint density at radius 2 is 1.52 bits per heavy atom. The third-order valence-corrected chi connectivity index (χ3v) is 7.95. The molecule has 0 heterocycles. The minimum Gasteiger partial charge on any atom is -0.392 e. The molecule has 0 fully saturated rings. The highest BCUT2D eigenvalue weighted by Crippen LogP contribution is 2.05. The van der Waals surface area contributed by atoms with Crippen LogP contribution in [0.1, 0.15) is 0 Å². The first-order valence-corrected chi connectivity index (χ1v) is 11.3. The van der Waals surface area contributed by atoms with Gasteiger partial charge >= 0.3 is 0 Å². The second-order valence-corrected chi connectivity index (χ2v) is 10.1. The Kier molecular flexibility index (Phi) is 11.0. The Morgan fingerprint density at radius 3 is 2.00 bits per heavy atom. The van der Waals surface area contributed by atoms with E-state index in [4.69, 9.17) is 5.11 Å². The molecule has 0 rings (SSSR count). The lowest BCUT2D eigenvalue weighted by Crippen LogP contribution is -2.32. The van der Waals surface area contributed by atoms with Crippen molar-refractivity contribution >= 4 is 51.9 Å². The van der Waals surface area contributed by atoms with E-state index in [0.717, 1.165) is 0 Å². The van der Waals surface area contributed by atoms with Gasteiger partial charge in [0.25, 0.3) is 0 Å². The summed E-state index contributed by atoms with van der Waals surface area (Å²) in [5.41, 5.74) is 0. The molecule has 0 spiro atoms. The Balaban J connectivity index is 4.52. The fourth-order valence-electron chi connectivity index (χ4n) is 1.13. The number of alkyl halides is 2. The number of nitrogens with zero attached hydrogens (tertiary/aromatic N) is 1. The van der Waals surface area contributed by atoms with E-state index in [1.165, 1.54) is 16.5 Å². The van der Waals surface area contributed by atoms with E-state index >= 15 is 0 Å². The summed E-state index contributed by atoms with van der Waals surface area (Å²) in [4.78, 5) is 0. The average molecular weight is 470 g/mol. The summed E-state index contributed by atoms with van der Waals surface area (Å²) >= 11 is 5.75. The topological polar surface area (TPSA) is 104 Å². The molecule has 0 saturated carbocycles. The maximum Gasteiger partial charge on any atom is 0.224 e. The summed E-state index contributed by atoms with van der Waals surface area (Å²) in [6, 6.07) is 0. The zero-order valence-electron chi connectivity index (χ0n) is 11.2. The zero-order valence-corrected chi connectivity index (χ0v) is 16.0. The SMILES string of the molecule is O=S(=O)(CBr)NCC=CCN(CC=CCO)S(=O)(=O)CBr. The molecule has 0 aliphatic carbocycles. The average Bonchev–Trinajstić information content (AvgIpc) is 2.45. The summed E-state index contributed by atoms with van der Waals surface area (Å²) < 4.78 is 49.0. The number of nitrogens with one attached hydrogen (secondary N) is 1. The van der Waals surface area contributed by atoms with Gasteiger partial charge in [-0.15, -0.1) is 0 Å². The highest BCUT2D eigenvalue weighted by molar-refractivity contribution is 9.11. The molecule has 0 aliphatic rings. The third kappa shape index (κ3) is 9.76. The van der Waals surface area contributed by atoms with Crippen molar-refractivity contribution in [3.05, 3.63) is 24.3 Å². The number of sulfonamides is 2. The largest absolute Gasteiger partial charge is 0.392 e. The van der Waals surface area contributed by atoms with Crippen molar-refractivity contribution in [2.24, 2.45) is 0 Å². The molecule has 124 valence electrons. The minimum absolute atomic E-state index is 0.0859. The van der Waals surface area contributed by atoms with Crippen LogP contribution in [0.4, 0.5) is 0 Å². The fraction of sp³-hybridized carbons (Fsp3) is 0.600. The van der Waals surface area contributed by atoms with Crippen molar-refractivity contribution in [2.45, 2.75) is 0 Å². The molecule has 0 aromatic heterocycles. The first-order valence-electron chi connectivity index (χ1n) is 5.77. The van der Waals surface area contributed by atoms with E-state index < -0.39 is 20.0 Å². The number of rotatable bonds is 11. The van der Waals surface area contributed by atoms with E-state index in [-0.39, 0.29) is 35.6 Å². The van der Waals surface area contributed by atoms with Crippen LogP contribution in [0.3, 0.4) is 0 Å². The van der Waals surface area contributed by atoms with Crippen LogP contribution in [0.2, 0.25) is 0 Å². The highest BCUT2D eigenvalue weighted by Gasteiger charge is 2.17. The van der Waals surface area contributed by atoms with Crippen molar-refractivity contribution in [3.8, 4) is 0 Å². The maximum absolute atomic E-state index is 11.8. The molecule has 0 bridgehead atoms. The lowest BCUT2D eigenvalue weighted by atomic mass is 10.4. The lowest BCUT2D eigenvalue weighted by Gasteiger charge is -2.17. The molecule has 0 radical (unpaired) electrons. The van der Waals surface area contributed by atoms with Gasteiger partial charge in [0, 0.05) is 19.6 Å². The summed E-state index contributed by atoms with van der Waals surface area (Å²) in [5, 5.41) is 8.64. The molecular weight excluding hydrogens is 452 g/mol. The summed E-state index contributed by atoms with van der Waals surface area (Å²) in [7, 11) is -6.78. The monoisotopic (exact) mass is 468 g/mol. The van der Waals surface area contributed by atoms with Gasteiger partial charge in [-0.2, -0.15) is 4.31 Å². The molecule has 0 amide bonds. The van der Waals surface area contributed by atoms with E-state index in [2.05, 4.69) is 36.6 Å². The second kappa shape index (κ2) is 10.9. The van der Waals surface area contributed by atoms with Gasteiger partial charge in [-0.1, -0.05) is 56.2 Å². The van der Waals surface area contributed by atoms with E-state index in [9.17, 15) is 16.8 Å². The van der Waals surface area contributed by atoms with Crippen LogP contribution in [0.15, 0.2) is 24.3 Å². The van der Waals surface area contributed by atoms with Gasteiger partial charge in [-0.25, -0.2) is 21.6 Å². The Bertz CT molecular complexity index is 546. The van der Waals surface area contributed by atoms with E-state index in [1.807, 2.05) is 0 Å². The van der Waals surface area contributed by atoms with Crippen LogP contribution in [-0.4, -0.2) is 61.8 Å². The molecule has 7 nitrogen and oxygen atoms in total. The molecule has 0 aromatic rings. The predicted molar refractivity (Wildman–Crippen MR) is 90.4 cm³/mol. The maximum atomic E-state index is 11.8. The van der Waals surface area contributed by atoms with Crippen molar-refractivity contribution in [1.29, 1.82) is 0 Å². The molecular formula is C10H18Br2N2O5S2. The normalized spacial score (nSPS) is 13.7. The first-order chi connectivity index (χ1) is 9.79. The lowest BCUT2D eigenvalue weighted by molar-refractivity contribution is 0.342. The van der Waals surface area contributed by atoms with Crippen LogP contribution in [0, 0.1) is 0 Å². The second-order valence-electron chi connectivity index (χ2n) is 3.74. The van der Waals surface area contributed by atoms with E-state index in [1.54, 1.807) is 12.2 Å². The molecule has 0 unspecified atom stereocenters. The number of hydrogen-bond donors (Lipinski definition) is 2. The standard InChI is InChI=1S/C10H18Br2N2O5S2/c11-9-20(16,17)13-5-1-2-6-14(7-3-4-8-15)21(18,19)10-12/h1-4,13,15H,5-10H2. The van der Waals surface area contributed by atoms with Gasteiger partial charge in [0.05, 0.1) is 6.61 Å². The molecule has 0 atom stereocenters. The Hall–Kier alpha value is 0.220. The number of hydrogen-bond acceptors (Lipinski definition) is 5. The van der Waals surface area contributed by atoms with Gasteiger partial charge in [0.15, 0.2) is 0 Å². The van der Waals surface area contributed by atoms with Gasteiger partial charge in [0.1, 0.15) is 9.32 Å².